The second kappa shape index (κ2) is 8.95. The van der Waals surface area contributed by atoms with Crippen LogP contribution in [0.3, 0.4) is 0 Å². The number of rotatable bonds is 7. The van der Waals surface area contributed by atoms with E-state index in [-0.39, 0.29) is 23.6 Å². The van der Waals surface area contributed by atoms with Gasteiger partial charge in [-0.1, -0.05) is 49.6 Å². The maximum atomic E-state index is 13.4. The van der Waals surface area contributed by atoms with Gasteiger partial charge in [0.15, 0.2) is 0 Å². The number of sulfonamides is 1. The van der Waals surface area contributed by atoms with Crippen LogP contribution in [-0.2, 0) is 26.7 Å². The van der Waals surface area contributed by atoms with E-state index in [1.165, 1.54) is 18.6 Å². The van der Waals surface area contributed by atoms with Crippen LogP contribution in [0.1, 0.15) is 43.2 Å². The summed E-state index contributed by atoms with van der Waals surface area (Å²) in [6, 6.07) is 13.5. The van der Waals surface area contributed by atoms with Crippen LogP contribution in [0.15, 0.2) is 48.5 Å². The number of nitrogens with one attached hydrogen (secondary N) is 2. The highest BCUT2D eigenvalue weighted by atomic mass is 32.2. The first-order valence-corrected chi connectivity index (χ1v) is 11.8. The van der Waals surface area contributed by atoms with Crippen LogP contribution in [0.2, 0.25) is 0 Å². The number of para-hydroxylation sites is 1. The van der Waals surface area contributed by atoms with Gasteiger partial charge in [-0.15, -0.1) is 0 Å². The molecule has 2 aromatic rings. The molecule has 0 heterocycles. The first kappa shape index (κ1) is 21.3. The van der Waals surface area contributed by atoms with Crippen molar-refractivity contribution >= 4 is 21.6 Å². The van der Waals surface area contributed by atoms with Crippen LogP contribution < -0.4 is 10.0 Å². The number of hydrogen-bond donors (Lipinski definition) is 2. The quantitative estimate of drug-likeness (QED) is 0.719. The van der Waals surface area contributed by atoms with Crippen molar-refractivity contribution in [1.82, 2.24) is 5.32 Å². The number of amides is 1. The number of anilines is 1. The second-order valence-corrected chi connectivity index (χ2v) is 9.58. The molecule has 156 valence electrons. The Hall–Kier alpha value is -2.41. The zero-order valence-corrected chi connectivity index (χ0v) is 17.4. The van der Waals surface area contributed by atoms with E-state index in [0.29, 0.717) is 17.8 Å². The first-order valence-electron chi connectivity index (χ1n) is 9.86. The Labute approximate surface area is 171 Å². The second-order valence-electron chi connectivity index (χ2n) is 7.83. The molecule has 1 aliphatic carbocycles. The molecule has 0 spiro atoms. The Balaban J connectivity index is 1.71. The maximum Gasteiger partial charge on any atom is 0.229 e. The van der Waals surface area contributed by atoms with Crippen LogP contribution in [0, 0.1) is 5.82 Å². The smallest absolute Gasteiger partial charge is 0.229 e. The molecule has 1 amide bonds. The summed E-state index contributed by atoms with van der Waals surface area (Å²) in [5.41, 5.74) is 1.90. The lowest BCUT2D eigenvalue weighted by Gasteiger charge is -2.38. The average Bonchev–Trinajstić information content (AvgIpc) is 2.68. The fraction of sp³-hybridized carbons (Fsp3) is 0.409. The fourth-order valence-corrected chi connectivity index (χ4v) is 4.68. The Morgan fingerprint density at radius 3 is 2.34 bits per heavy atom. The summed E-state index contributed by atoms with van der Waals surface area (Å²) in [6.45, 7) is 0.485. The minimum absolute atomic E-state index is 0.0815. The van der Waals surface area contributed by atoms with E-state index in [9.17, 15) is 17.6 Å². The van der Waals surface area contributed by atoms with Crippen LogP contribution in [0.4, 0.5) is 10.1 Å². The molecule has 0 unspecified atom stereocenters. The summed E-state index contributed by atoms with van der Waals surface area (Å²) >= 11 is 0. The van der Waals surface area contributed by atoms with Gasteiger partial charge in [-0.2, -0.15) is 0 Å². The SMILES string of the molecule is CS(=O)(=O)Nc1ccccc1CC(=O)NCC1(c2ccc(F)cc2)CCCCC1. The molecule has 7 heteroatoms. The summed E-state index contributed by atoms with van der Waals surface area (Å²) in [6.07, 6.45) is 6.39. The van der Waals surface area contributed by atoms with Crippen molar-refractivity contribution in [2.75, 3.05) is 17.5 Å². The third-order valence-corrected chi connectivity index (χ3v) is 6.15. The molecule has 3 rings (SSSR count). The maximum absolute atomic E-state index is 13.4. The van der Waals surface area contributed by atoms with Gasteiger partial charge in [-0.25, -0.2) is 12.8 Å². The zero-order chi connectivity index (χ0) is 20.9. The molecule has 1 fully saturated rings. The molecular weight excluding hydrogens is 391 g/mol. The van der Waals surface area contributed by atoms with Crippen molar-refractivity contribution < 1.29 is 17.6 Å². The fourth-order valence-electron chi connectivity index (χ4n) is 4.08. The molecule has 2 aromatic carbocycles. The van der Waals surface area contributed by atoms with Gasteiger partial charge in [0.25, 0.3) is 0 Å². The van der Waals surface area contributed by atoms with Gasteiger partial charge in [0.1, 0.15) is 5.82 Å². The molecule has 5 nitrogen and oxygen atoms in total. The lowest BCUT2D eigenvalue weighted by molar-refractivity contribution is -0.120. The number of carbonyl (C=O) groups is 1. The minimum atomic E-state index is -3.43. The van der Waals surface area contributed by atoms with Gasteiger partial charge in [-0.05, 0) is 42.2 Å². The predicted molar refractivity (Wildman–Crippen MR) is 113 cm³/mol. The summed E-state index contributed by atoms with van der Waals surface area (Å²) in [7, 11) is -3.43. The van der Waals surface area contributed by atoms with Crippen molar-refractivity contribution in [2.24, 2.45) is 0 Å². The number of hydrogen-bond acceptors (Lipinski definition) is 3. The molecule has 0 atom stereocenters. The Kier molecular flexibility index (Phi) is 6.57. The number of carbonyl (C=O) groups excluding carboxylic acids is 1. The van der Waals surface area contributed by atoms with Crippen molar-refractivity contribution in [3.8, 4) is 0 Å². The summed E-state index contributed by atoms with van der Waals surface area (Å²) in [5.74, 6) is -0.432. The van der Waals surface area contributed by atoms with Gasteiger partial charge in [0, 0.05) is 12.0 Å². The monoisotopic (exact) mass is 418 g/mol. The topological polar surface area (TPSA) is 75.3 Å². The molecule has 2 N–H and O–H groups in total. The highest BCUT2D eigenvalue weighted by Crippen LogP contribution is 2.39. The number of halogens is 1. The molecule has 0 saturated heterocycles. The van der Waals surface area contributed by atoms with Crippen molar-refractivity contribution in [3.05, 3.63) is 65.5 Å². The van der Waals surface area contributed by atoms with E-state index >= 15 is 0 Å². The van der Waals surface area contributed by atoms with Gasteiger partial charge in [-0.3, -0.25) is 9.52 Å². The van der Waals surface area contributed by atoms with Crippen LogP contribution in [0.25, 0.3) is 0 Å². The van der Waals surface area contributed by atoms with Crippen molar-refractivity contribution in [1.29, 1.82) is 0 Å². The minimum Gasteiger partial charge on any atom is -0.355 e. The Morgan fingerprint density at radius 1 is 1.03 bits per heavy atom. The third-order valence-electron chi connectivity index (χ3n) is 5.55. The largest absolute Gasteiger partial charge is 0.355 e. The third kappa shape index (κ3) is 5.79. The van der Waals surface area contributed by atoms with E-state index in [4.69, 9.17) is 0 Å². The van der Waals surface area contributed by atoms with E-state index < -0.39 is 10.0 Å². The van der Waals surface area contributed by atoms with Gasteiger partial charge in [0.05, 0.1) is 18.4 Å². The lowest BCUT2D eigenvalue weighted by Crippen LogP contribution is -2.42. The van der Waals surface area contributed by atoms with E-state index in [2.05, 4.69) is 10.0 Å². The van der Waals surface area contributed by atoms with Crippen LogP contribution >= 0.6 is 0 Å². The molecule has 0 radical (unpaired) electrons. The first-order chi connectivity index (χ1) is 13.8. The normalized spacial score (nSPS) is 16.2. The zero-order valence-electron chi connectivity index (χ0n) is 16.6. The molecule has 1 aliphatic rings. The lowest BCUT2D eigenvalue weighted by atomic mass is 9.69. The van der Waals surface area contributed by atoms with E-state index in [1.54, 1.807) is 24.3 Å². The van der Waals surface area contributed by atoms with Crippen molar-refractivity contribution in [2.45, 2.75) is 43.9 Å². The average molecular weight is 419 g/mol. The van der Waals surface area contributed by atoms with Gasteiger partial charge < -0.3 is 5.32 Å². The molecule has 0 aromatic heterocycles. The van der Waals surface area contributed by atoms with Crippen LogP contribution in [-0.4, -0.2) is 27.1 Å². The van der Waals surface area contributed by atoms with Gasteiger partial charge >= 0.3 is 0 Å². The molecule has 0 bridgehead atoms. The standard InChI is InChI=1S/C22H27FN2O3S/c1-29(27,28)25-20-8-4-3-7-17(20)15-21(26)24-16-22(13-5-2-6-14-22)18-9-11-19(23)12-10-18/h3-4,7-12,25H,2,5-6,13-16H2,1H3,(H,24,26). The molecule has 0 aliphatic heterocycles. The molecular formula is C22H27FN2O3S. The molecule has 29 heavy (non-hydrogen) atoms. The van der Waals surface area contributed by atoms with Gasteiger partial charge in [0.2, 0.25) is 15.9 Å². The Morgan fingerprint density at radius 2 is 1.69 bits per heavy atom. The predicted octanol–water partition coefficient (Wildman–Crippen LogP) is 3.76. The summed E-state index contributed by atoms with van der Waals surface area (Å²) in [5, 5.41) is 3.03. The van der Waals surface area contributed by atoms with Crippen LogP contribution in [0.5, 0.6) is 0 Å². The summed E-state index contributed by atoms with van der Waals surface area (Å²) in [4.78, 5) is 12.7. The van der Waals surface area contributed by atoms with E-state index in [1.807, 2.05) is 12.1 Å². The van der Waals surface area contributed by atoms with E-state index in [0.717, 1.165) is 37.5 Å². The molecule has 1 saturated carbocycles. The summed E-state index contributed by atoms with van der Waals surface area (Å²) < 4.78 is 38.9. The highest BCUT2D eigenvalue weighted by molar-refractivity contribution is 7.92. The van der Waals surface area contributed by atoms with Crippen molar-refractivity contribution in [3.63, 3.8) is 0 Å². The Bertz CT molecular complexity index is 952. The number of benzene rings is 2. The highest BCUT2D eigenvalue weighted by Gasteiger charge is 2.34.